The Bertz CT molecular complexity index is 1050. The van der Waals surface area contributed by atoms with Gasteiger partial charge in [-0.25, -0.2) is 9.97 Å². The first-order valence-electron chi connectivity index (χ1n) is 9.74. The Hall–Kier alpha value is -3.09. The molecule has 5 rings (SSSR count). The van der Waals surface area contributed by atoms with Crippen molar-refractivity contribution in [3.05, 3.63) is 47.9 Å². The Morgan fingerprint density at radius 1 is 1.25 bits per heavy atom. The van der Waals surface area contributed by atoms with E-state index in [1.165, 1.54) is 0 Å². The maximum absolute atomic E-state index is 13.0. The zero-order valence-corrected chi connectivity index (χ0v) is 15.8. The van der Waals surface area contributed by atoms with Gasteiger partial charge >= 0.3 is 0 Å². The lowest BCUT2D eigenvalue weighted by Crippen LogP contribution is -2.28. The van der Waals surface area contributed by atoms with Crippen molar-refractivity contribution >= 4 is 17.1 Å². The van der Waals surface area contributed by atoms with E-state index in [-0.39, 0.29) is 18.6 Å². The summed E-state index contributed by atoms with van der Waals surface area (Å²) >= 11 is 0. The average Bonchev–Trinajstić information content (AvgIpc) is 3.45. The van der Waals surface area contributed by atoms with Gasteiger partial charge in [-0.15, -0.1) is 0 Å². The topological polar surface area (TPSA) is 69.5 Å². The normalized spacial score (nSPS) is 18.2. The van der Waals surface area contributed by atoms with Crippen LogP contribution >= 0.6 is 0 Å². The molecular weight excluding hydrogens is 356 g/mol. The highest BCUT2D eigenvalue weighted by atomic mass is 16.7. The van der Waals surface area contributed by atoms with E-state index >= 15 is 0 Å². The van der Waals surface area contributed by atoms with Crippen molar-refractivity contribution in [1.82, 2.24) is 19.4 Å². The molecule has 4 heterocycles. The largest absolute Gasteiger partial charge is 0.454 e. The number of benzene rings is 1. The van der Waals surface area contributed by atoms with Crippen LogP contribution in [0.5, 0.6) is 11.5 Å². The number of nitrogens with zero attached hydrogens (tertiary/aromatic N) is 4. The molecule has 0 bridgehead atoms. The number of amides is 1. The van der Waals surface area contributed by atoms with Gasteiger partial charge in [0.05, 0.1) is 0 Å². The first-order chi connectivity index (χ1) is 13.7. The monoisotopic (exact) mass is 378 g/mol. The summed E-state index contributed by atoms with van der Waals surface area (Å²) in [7, 11) is 0. The highest BCUT2D eigenvalue weighted by molar-refractivity contribution is 5.95. The van der Waals surface area contributed by atoms with Gasteiger partial charge in [0, 0.05) is 37.3 Å². The molecule has 2 aromatic heterocycles. The van der Waals surface area contributed by atoms with Crippen LogP contribution in [0, 0.1) is 0 Å². The number of aryl methyl sites for hydroxylation is 1. The molecule has 1 unspecified atom stereocenters. The van der Waals surface area contributed by atoms with Crippen molar-refractivity contribution in [2.24, 2.45) is 0 Å². The Labute approximate surface area is 162 Å². The van der Waals surface area contributed by atoms with E-state index in [2.05, 4.69) is 16.5 Å². The highest BCUT2D eigenvalue weighted by Crippen LogP contribution is 2.34. The molecular formula is C21H22N4O3. The number of ether oxygens (including phenoxy) is 2. The van der Waals surface area contributed by atoms with E-state index in [1.807, 2.05) is 23.2 Å². The van der Waals surface area contributed by atoms with E-state index in [0.717, 1.165) is 42.9 Å². The minimum absolute atomic E-state index is 0.0251. The minimum atomic E-state index is 0.0251. The quantitative estimate of drug-likeness (QED) is 0.697. The first-order valence-corrected chi connectivity index (χ1v) is 9.74. The van der Waals surface area contributed by atoms with Gasteiger partial charge in [-0.1, -0.05) is 6.92 Å². The zero-order valence-electron chi connectivity index (χ0n) is 15.8. The van der Waals surface area contributed by atoms with Crippen LogP contribution in [0.4, 0.5) is 0 Å². The summed E-state index contributed by atoms with van der Waals surface area (Å²) in [6.45, 7) is 4.64. The predicted octanol–water partition coefficient (Wildman–Crippen LogP) is 3.20. The molecule has 2 aliphatic rings. The molecule has 2 aliphatic heterocycles. The van der Waals surface area contributed by atoms with Crippen molar-refractivity contribution < 1.29 is 14.3 Å². The zero-order chi connectivity index (χ0) is 19.1. The number of rotatable bonds is 4. The van der Waals surface area contributed by atoms with Crippen molar-refractivity contribution in [2.45, 2.75) is 32.2 Å². The van der Waals surface area contributed by atoms with E-state index in [9.17, 15) is 4.79 Å². The number of likely N-dealkylation sites (tertiary alicyclic amines) is 1. The van der Waals surface area contributed by atoms with Gasteiger partial charge in [0.25, 0.3) is 5.91 Å². The second-order valence-corrected chi connectivity index (χ2v) is 7.27. The standard InChI is InChI=1S/C21H22N4O3/c1-2-9-25-19(23-16-4-3-8-22-20(16)25)15-7-10-24(12-15)21(26)14-5-6-17-18(11-14)28-13-27-17/h3-6,8,11,15H,2,7,9-10,12-13H2,1H3. The summed E-state index contributed by atoms with van der Waals surface area (Å²) in [5, 5.41) is 0. The van der Waals surface area contributed by atoms with E-state index < -0.39 is 0 Å². The Balaban J connectivity index is 1.39. The third-order valence-electron chi connectivity index (χ3n) is 5.44. The van der Waals surface area contributed by atoms with Crippen LogP contribution in [0.25, 0.3) is 11.2 Å². The third kappa shape index (κ3) is 2.78. The number of fused-ring (bicyclic) bond motifs is 2. The molecule has 0 radical (unpaired) electrons. The maximum Gasteiger partial charge on any atom is 0.254 e. The number of aromatic nitrogens is 3. The van der Waals surface area contributed by atoms with Crippen LogP contribution in [0.15, 0.2) is 36.5 Å². The molecule has 1 atom stereocenters. The number of pyridine rings is 1. The molecule has 28 heavy (non-hydrogen) atoms. The van der Waals surface area contributed by atoms with Crippen LogP contribution in [-0.2, 0) is 6.54 Å². The molecule has 3 aromatic rings. The molecule has 7 nitrogen and oxygen atoms in total. The summed E-state index contributed by atoms with van der Waals surface area (Å²) in [4.78, 5) is 24.3. The smallest absolute Gasteiger partial charge is 0.254 e. The predicted molar refractivity (Wildman–Crippen MR) is 104 cm³/mol. The SMILES string of the molecule is CCCn1c(C2CCN(C(=O)c3ccc4c(c3)OCO4)C2)nc2cccnc21. The number of hydrogen-bond acceptors (Lipinski definition) is 5. The van der Waals surface area contributed by atoms with Crippen LogP contribution in [0.3, 0.4) is 0 Å². The molecule has 1 amide bonds. The number of hydrogen-bond donors (Lipinski definition) is 0. The van der Waals surface area contributed by atoms with Crippen LogP contribution in [-0.4, -0.2) is 45.2 Å². The van der Waals surface area contributed by atoms with Crippen molar-refractivity contribution in [3.63, 3.8) is 0 Å². The second kappa shape index (κ2) is 6.82. The maximum atomic E-state index is 13.0. The summed E-state index contributed by atoms with van der Waals surface area (Å²) in [6.07, 6.45) is 3.73. The van der Waals surface area contributed by atoms with Crippen molar-refractivity contribution in [1.29, 1.82) is 0 Å². The summed E-state index contributed by atoms with van der Waals surface area (Å²) < 4.78 is 13.0. The minimum Gasteiger partial charge on any atom is -0.454 e. The van der Waals surface area contributed by atoms with Gasteiger partial charge in [-0.05, 0) is 43.2 Å². The molecule has 1 aromatic carbocycles. The van der Waals surface area contributed by atoms with Gasteiger partial charge in [-0.3, -0.25) is 4.79 Å². The van der Waals surface area contributed by atoms with Gasteiger partial charge in [0.2, 0.25) is 6.79 Å². The molecule has 7 heteroatoms. The van der Waals surface area contributed by atoms with E-state index in [4.69, 9.17) is 14.5 Å². The number of carbonyl (C=O) groups is 1. The van der Waals surface area contributed by atoms with Gasteiger partial charge in [0.1, 0.15) is 11.3 Å². The molecule has 1 saturated heterocycles. The van der Waals surface area contributed by atoms with Gasteiger partial charge < -0.3 is 18.9 Å². The molecule has 144 valence electrons. The lowest BCUT2D eigenvalue weighted by Gasteiger charge is -2.17. The van der Waals surface area contributed by atoms with Crippen molar-refractivity contribution in [3.8, 4) is 11.5 Å². The summed E-state index contributed by atoms with van der Waals surface area (Å²) in [5.41, 5.74) is 2.49. The van der Waals surface area contributed by atoms with Crippen LogP contribution in [0.1, 0.15) is 41.9 Å². The number of carbonyl (C=O) groups excluding carboxylic acids is 1. The summed E-state index contributed by atoms with van der Waals surface area (Å²) in [6, 6.07) is 9.30. The fourth-order valence-corrected chi connectivity index (χ4v) is 4.10. The molecule has 0 saturated carbocycles. The highest BCUT2D eigenvalue weighted by Gasteiger charge is 2.32. The van der Waals surface area contributed by atoms with Crippen molar-refractivity contribution in [2.75, 3.05) is 19.9 Å². The fourth-order valence-electron chi connectivity index (χ4n) is 4.10. The Kier molecular flexibility index (Phi) is 4.15. The van der Waals surface area contributed by atoms with E-state index in [1.54, 1.807) is 18.2 Å². The first kappa shape index (κ1) is 17.0. The molecule has 0 aliphatic carbocycles. The Morgan fingerprint density at radius 2 is 2.14 bits per heavy atom. The molecule has 0 spiro atoms. The third-order valence-corrected chi connectivity index (χ3v) is 5.44. The fraction of sp³-hybridized carbons (Fsp3) is 0.381. The van der Waals surface area contributed by atoms with Gasteiger partial charge in [0.15, 0.2) is 17.1 Å². The second-order valence-electron chi connectivity index (χ2n) is 7.27. The number of imidazole rings is 1. The summed E-state index contributed by atoms with van der Waals surface area (Å²) in [5.74, 6) is 2.61. The van der Waals surface area contributed by atoms with Crippen LogP contribution in [0.2, 0.25) is 0 Å². The van der Waals surface area contributed by atoms with Gasteiger partial charge in [-0.2, -0.15) is 0 Å². The lowest BCUT2D eigenvalue weighted by atomic mass is 10.1. The van der Waals surface area contributed by atoms with Crippen LogP contribution < -0.4 is 9.47 Å². The average molecular weight is 378 g/mol. The molecule has 0 N–H and O–H groups in total. The lowest BCUT2D eigenvalue weighted by molar-refractivity contribution is 0.0790. The molecule has 1 fully saturated rings. The Morgan fingerprint density at radius 3 is 3.04 bits per heavy atom. The van der Waals surface area contributed by atoms with E-state index in [0.29, 0.717) is 23.6 Å².